The lowest BCUT2D eigenvalue weighted by Crippen LogP contribution is -2.33. The zero-order chi connectivity index (χ0) is 20.1. The largest absolute Gasteiger partial charge is 0.493 e. The standard InChI is InChI=1S/C19H19N3O5S/c1-26-16-8-4-7-15(17(16)27-2)18(23)21-10-9-20-19(21)28-12-13-5-3-6-14(11-13)22(24)25/h3-8,11H,9-10,12H2,1-2H3. The first-order valence-corrected chi connectivity index (χ1v) is 9.47. The van der Waals surface area contributed by atoms with Gasteiger partial charge in [-0.3, -0.25) is 24.8 Å². The third-order valence-corrected chi connectivity index (χ3v) is 5.25. The van der Waals surface area contributed by atoms with Crippen LogP contribution in [0, 0.1) is 10.1 Å². The van der Waals surface area contributed by atoms with Crippen LogP contribution in [0.25, 0.3) is 0 Å². The monoisotopic (exact) mass is 401 g/mol. The molecule has 146 valence electrons. The zero-order valence-electron chi connectivity index (χ0n) is 15.5. The van der Waals surface area contributed by atoms with Gasteiger partial charge in [0.2, 0.25) is 0 Å². The van der Waals surface area contributed by atoms with E-state index in [-0.39, 0.29) is 11.6 Å². The Morgan fingerprint density at radius 1 is 1.25 bits per heavy atom. The van der Waals surface area contributed by atoms with Crippen molar-refractivity contribution in [3.8, 4) is 11.5 Å². The van der Waals surface area contributed by atoms with Crippen LogP contribution >= 0.6 is 11.8 Å². The number of hydrogen-bond donors (Lipinski definition) is 0. The summed E-state index contributed by atoms with van der Waals surface area (Å²) >= 11 is 1.37. The molecule has 3 rings (SSSR count). The van der Waals surface area contributed by atoms with Crippen molar-refractivity contribution >= 4 is 28.5 Å². The average molecular weight is 401 g/mol. The molecule has 0 radical (unpaired) electrons. The van der Waals surface area contributed by atoms with Crippen LogP contribution in [0.15, 0.2) is 47.5 Å². The van der Waals surface area contributed by atoms with Crippen molar-refractivity contribution in [1.82, 2.24) is 4.90 Å². The number of nitro benzene ring substituents is 1. The maximum Gasteiger partial charge on any atom is 0.269 e. The Balaban J connectivity index is 1.75. The normalized spacial score (nSPS) is 13.2. The van der Waals surface area contributed by atoms with E-state index in [1.807, 2.05) is 6.07 Å². The lowest BCUT2D eigenvalue weighted by Gasteiger charge is -2.20. The third kappa shape index (κ3) is 4.09. The molecule has 0 aliphatic carbocycles. The molecule has 1 amide bonds. The highest BCUT2D eigenvalue weighted by molar-refractivity contribution is 8.13. The molecule has 0 bridgehead atoms. The quantitative estimate of drug-likeness (QED) is 0.544. The maximum absolute atomic E-state index is 13.1. The molecule has 2 aromatic carbocycles. The molecule has 0 saturated carbocycles. The van der Waals surface area contributed by atoms with Crippen LogP contribution in [0.2, 0.25) is 0 Å². The molecule has 0 atom stereocenters. The Hall–Kier alpha value is -3.07. The van der Waals surface area contributed by atoms with Crippen LogP contribution in [-0.4, -0.2) is 48.2 Å². The highest BCUT2D eigenvalue weighted by Crippen LogP contribution is 2.32. The van der Waals surface area contributed by atoms with Crippen molar-refractivity contribution < 1.29 is 19.2 Å². The Bertz CT molecular complexity index is 932. The lowest BCUT2D eigenvalue weighted by molar-refractivity contribution is -0.384. The van der Waals surface area contributed by atoms with Gasteiger partial charge in [-0.15, -0.1) is 0 Å². The van der Waals surface area contributed by atoms with E-state index in [2.05, 4.69) is 4.99 Å². The van der Waals surface area contributed by atoms with Crippen molar-refractivity contribution in [2.24, 2.45) is 4.99 Å². The van der Waals surface area contributed by atoms with E-state index in [4.69, 9.17) is 9.47 Å². The molecule has 8 nitrogen and oxygen atoms in total. The van der Waals surface area contributed by atoms with Crippen LogP contribution < -0.4 is 9.47 Å². The highest BCUT2D eigenvalue weighted by atomic mass is 32.2. The predicted molar refractivity (Wildman–Crippen MR) is 107 cm³/mol. The van der Waals surface area contributed by atoms with Gasteiger partial charge in [-0.05, 0) is 17.7 Å². The van der Waals surface area contributed by atoms with Gasteiger partial charge in [-0.25, -0.2) is 0 Å². The van der Waals surface area contributed by atoms with Gasteiger partial charge in [0.25, 0.3) is 11.6 Å². The minimum atomic E-state index is -0.424. The molecule has 2 aromatic rings. The van der Waals surface area contributed by atoms with E-state index >= 15 is 0 Å². The number of non-ortho nitro benzene ring substituents is 1. The summed E-state index contributed by atoms with van der Waals surface area (Å²) < 4.78 is 10.6. The Labute approximate surface area is 166 Å². The average Bonchev–Trinajstić information content (AvgIpc) is 3.19. The molecular weight excluding hydrogens is 382 g/mol. The van der Waals surface area contributed by atoms with Crippen molar-refractivity contribution in [2.75, 3.05) is 27.3 Å². The number of amidine groups is 1. The van der Waals surface area contributed by atoms with Crippen LogP contribution in [-0.2, 0) is 5.75 Å². The number of thioether (sulfide) groups is 1. The number of methoxy groups -OCH3 is 2. The predicted octanol–water partition coefficient (Wildman–Crippen LogP) is 3.36. The number of para-hydroxylation sites is 1. The van der Waals surface area contributed by atoms with Gasteiger partial charge in [0.15, 0.2) is 16.7 Å². The molecule has 1 aliphatic heterocycles. The van der Waals surface area contributed by atoms with E-state index in [0.29, 0.717) is 41.1 Å². The SMILES string of the molecule is COc1cccc(C(=O)N2CCN=C2SCc2cccc([N+](=O)[O-])c2)c1OC. The van der Waals surface area contributed by atoms with Gasteiger partial charge in [0.1, 0.15) is 0 Å². The molecule has 0 fully saturated rings. The third-order valence-electron chi connectivity index (χ3n) is 4.17. The van der Waals surface area contributed by atoms with Crippen molar-refractivity contribution in [3.05, 3.63) is 63.7 Å². The molecule has 0 spiro atoms. The highest BCUT2D eigenvalue weighted by Gasteiger charge is 2.28. The fraction of sp³-hybridized carbons (Fsp3) is 0.263. The molecule has 1 aliphatic rings. The number of hydrogen-bond acceptors (Lipinski definition) is 7. The second-order valence-corrected chi connectivity index (χ2v) is 6.82. The van der Waals surface area contributed by atoms with Crippen LogP contribution in [0.5, 0.6) is 11.5 Å². The van der Waals surface area contributed by atoms with Crippen LogP contribution in [0.3, 0.4) is 0 Å². The first-order chi connectivity index (χ1) is 13.5. The van der Waals surface area contributed by atoms with E-state index < -0.39 is 4.92 Å². The van der Waals surface area contributed by atoms with Gasteiger partial charge in [-0.2, -0.15) is 0 Å². The number of nitro groups is 1. The number of aliphatic imine (C=N–C) groups is 1. The number of rotatable bonds is 6. The van der Waals surface area contributed by atoms with Crippen molar-refractivity contribution in [2.45, 2.75) is 5.75 Å². The number of benzene rings is 2. The summed E-state index contributed by atoms with van der Waals surface area (Å²) in [6.07, 6.45) is 0. The summed E-state index contributed by atoms with van der Waals surface area (Å²) in [7, 11) is 3.01. The zero-order valence-corrected chi connectivity index (χ0v) is 16.3. The smallest absolute Gasteiger partial charge is 0.269 e. The van der Waals surface area contributed by atoms with Crippen molar-refractivity contribution in [3.63, 3.8) is 0 Å². The van der Waals surface area contributed by atoms with E-state index in [9.17, 15) is 14.9 Å². The Kier molecular flexibility index (Phi) is 6.15. The van der Waals surface area contributed by atoms with Gasteiger partial charge in [0, 0.05) is 24.4 Å². The number of ether oxygens (including phenoxy) is 2. The van der Waals surface area contributed by atoms with E-state index in [0.717, 1.165) is 5.56 Å². The Morgan fingerprint density at radius 2 is 2.04 bits per heavy atom. The van der Waals surface area contributed by atoms with Gasteiger partial charge in [-0.1, -0.05) is 30.0 Å². The van der Waals surface area contributed by atoms with E-state index in [1.54, 1.807) is 29.2 Å². The second kappa shape index (κ2) is 8.75. The molecule has 28 heavy (non-hydrogen) atoms. The van der Waals surface area contributed by atoms with Crippen LogP contribution in [0.4, 0.5) is 5.69 Å². The molecular formula is C19H19N3O5S. The Morgan fingerprint density at radius 3 is 2.75 bits per heavy atom. The lowest BCUT2D eigenvalue weighted by atomic mass is 10.1. The second-order valence-electron chi connectivity index (χ2n) is 5.88. The van der Waals surface area contributed by atoms with Crippen molar-refractivity contribution in [1.29, 1.82) is 0 Å². The minimum absolute atomic E-state index is 0.0421. The summed E-state index contributed by atoms with van der Waals surface area (Å²) in [5.41, 5.74) is 1.23. The number of amides is 1. The summed E-state index contributed by atoms with van der Waals surface area (Å²) in [5.74, 6) is 1.11. The summed E-state index contributed by atoms with van der Waals surface area (Å²) in [6, 6.07) is 11.6. The topological polar surface area (TPSA) is 94.3 Å². The molecule has 0 unspecified atom stereocenters. The maximum atomic E-state index is 13.1. The van der Waals surface area contributed by atoms with Gasteiger partial charge < -0.3 is 9.47 Å². The molecule has 9 heteroatoms. The number of carbonyl (C=O) groups excluding carboxylic acids is 1. The number of nitrogens with zero attached hydrogens (tertiary/aromatic N) is 3. The van der Waals surface area contributed by atoms with Gasteiger partial charge >= 0.3 is 0 Å². The summed E-state index contributed by atoms with van der Waals surface area (Å²) in [6.45, 7) is 0.978. The molecule has 0 aromatic heterocycles. The van der Waals surface area contributed by atoms with Crippen LogP contribution in [0.1, 0.15) is 15.9 Å². The number of carbonyl (C=O) groups is 1. The fourth-order valence-corrected chi connectivity index (χ4v) is 3.84. The first-order valence-electron chi connectivity index (χ1n) is 8.48. The van der Waals surface area contributed by atoms with E-state index in [1.165, 1.54) is 38.1 Å². The summed E-state index contributed by atoms with van der Waals surface area (Å²) in [5, 5.41) is 11.5. The molecule has 0 saturated heterocycles. The summed E-state index contributed by atoms with van der Waals surface area (Å²) in [4.78, 5) is 29.6. The molecule has 1 heterocycles. The molecule has 0 N–H and O–H groups in total. The minimum Gasteiger partial charge on any atom is -0.493 e. The van der Waals surface area contributed by atoms with Gasteiger partial charge in [0.05, 0.1) is 31.3 Å². The fourth-order valence-electron chi connectivity index (χ4n) is 2.85. The first kappa shape index (κ1) is 19.7.